The Hall–Kier alpha value is -1.11. The molecule has 0 aromatic heterocycles. The van der Waals surface area contributed by atoms with E-state index in [1.807, 2.05) is 38.1 Å². The summed E-state index contributed by atoms with van der Waals surface area (Å²) in [4.78, 5) is 0. The van der Waals surface area contributed by atoms with Gasteiger partial charge in [0, 0.05) is 13.2 Å². The summed E-state index contributed by atoms with van der Waals surface area (Å²) in [5.41, 5.74) is 0.926. The maximum absolute atomic E-state index is 12.0. The summed E-state index contributed by atoms with van der Waals surface area (Å²) in [5.74, 6) is 0.874. The van der Waals surface area contributed by atoms with Gasteiger partial charge in [-0.3, -0.25) is 0 Å². The van der Waals surface area contributed by atoms with Gasteiger partial charge in [0.2, 0.25) is 0 Å². The maximum atomic E-state index is 12.0. The molecular formula is C15H25NO4S. The molecule has 5 nitrogen and oxygen atoms in total. The summed E-state index contributed by atoms with van der Waals surface area (Å²) < 4.78 is 34.4. The second kappa shape index (κ2) is 8.36. The van der Waals surface area contributed by atoms with Crippen molar-refractivity contribution in [2.45, 2.75) is 26.0 Å². The highest BCUT2D eigenvalue weighted by molar-refractivity contribution is 7.91. The first-order valence-electron chi connectivity index (χ1n) is 7.01. The van der Waals surface area contributed by atoms with Crippen molar-refractivity contribution in [3.63, 3.8) is 0 Å². The largest absolute Gasteiger partial charge is 0.491 e. The zero-order valence-corrected chi connectivity index (χ0v) is 13.9. The number of ether oxygens (including phenoxy) is 2. The number of sulfone groups is 1. The summed E-state index contributed by atoms with van der Waals surface area (Å²) in [7, 11) is 0.106. The van der Waals surface area contributed by atoms with Gasteiger partial charge in [0.25, 0.3) is 0 Å². The average molecular weight is 315 g/mol. The van der Waals surface area contributed by atoms with Crippen molar-refractivity contribution >= 4 is 9.84 Å². The van der Waals surface area contributed by atoms with E-state index in [1.165, 1.54) is 7.11 Å². The summed E-state index contributed by atoms with van der Waals surface area (Å²) in [6.45, 7) is 4.15. The Morgan fingerprint density at radius 1 is 1.19 bits per heavy atom. The number of nitrogens with one attached hydrogen (secondary N) is 1. The smallest absolute Gasteiger partial charge is 0.154 e. The van der Waals surface area contributed by atoms with E-state index < -0.39 is 9.84 Å². The zero-order chi connectivity index (χ0) is 15.9. The lowest BCUT2D eigenvalue weighted by Crippen LogP contribution is -2.27. The van der Waals surface area contributed by atoms with E-state index in [9.17, 15) is 8.42 Å². The van der Waals surface area contributed by atoms with E-state index in [1.54, 1.807) is 7.05 Å². The van der Waals surface area contributed by atoms with Crippen LogP contribution in [0.15, 0.2) is 24.3 Å². The Balaban J connectivity index is 2.76. The lowest BCUT2D eigenvalue weighted by molar-refractivity contribution is 0.217. The van der Waals surface area contributed by atoms with E-state index in [4.69, 9.17) is 9.47 Å². The van der Waals surface area contributed by atoms with Gasteiger partial charge in [0.05, 0.1) is 24.2 Å². The second-order valence-corrected chi connectivity index (χ2v) is 7.41. The second-order valence-electron chi connectivity index (χ2n) is 5.18. The number of rotatable bonds is 9. The molecule has 0 heterocycles. The van der Waals surface area contributed by atoms with Crippen molar-refractivity contribution < 1.29 is 17.9 Å². The first-order valence-corrected chi connectivity index (χ1v) is 8.83. The van der Waals surface area contributed by atoms with Gasteiger partial charge in [0.1, 0.15) is 5.75 Å². The van der Waals surface area contributed by atoms with E-state index >= 15 is 0 Å². The Bertz CT molecular complexity index is 511. The van der Waals surface area contributed by atoms with Crippen LogP contribution in [0.1, 0.15) is 25.5 Å². The fourth-order valence-electron chi connectivity index (χ4n) is 1.94. The molecule has 120 valence electrons. The molecule has 0 saturated carbocycles. The molecule has 1 rings (SSSR count). The van der Waals surface area contributed by atoms with Crippen molar-refractivity contribution in [2.24, 2.45) is 0 Å². The minimum Gasteiger partial charge on any atom is -0.491 e. The molecule has 1 atom stereocenters. The molecule has 0 aliphatic carbocycles. The van der Waals surface area contributed by atoms with Crippen LogP contribution in [0.25, 0.3) is 0 Å². The molecule has 0 radical (unpaired) electrons. The van der Waals surface area contributed by atoms with Crippen LogP contribution in [0.5, 0.6) is 5.75 Å². The molecule has 0 spiro atoms. The van der Waals surface area contributed by atoms with Crippen molar-refractivity contribution in [1.29, 1.82) is 0 Å². The van der Waals surface area contributed by atoms with Gasteiger partial charge in [-0.1, -0.05) is 12.1 Å². The van der Waals surface area contributed by atoms with Gasteiger partial charge < -0.3 is 14.8 Å². The molecule has 6 heteroatoms. The molecule has 1 unspecified atom stereocenters. The van der Waals surface area contributed by atoms with Crippen LogP contribution in [-0.4, -0.2) is 46.8 Å². The average Bonchev–Trinajstić information content (AvgIpc) is 2.43. The maximum Gasteiger partial charge on any atom is 0.154 e. The SMILES string of the molecule is CNC(CS(=O)(=O)CCOC)c1ccc(OC(C)C)cc1. The summed E-state index contributed by atoms with van der Waals surface area (Å²) in [6.07, 6.45) is 0.116. The first kappa shape index (κ1) is 17.9. The predicted octanol–water partition coefficient (Wildman–Crippen LogP) is 1.80. The van der Waals surface area contributed by atoms with E-state index in [-0.39, 0.29) is 30.3 Å². The number of methoxy groups -OCH3 is 1. The van der Waals surface area contributed by atoms with Crippen molar-refractivity contribution in [3.8, 4) is 5.75 Å². The van der Waals surface area contributed by atoms with E-state index in [2.05, 4.69) is 5.32 Å². The fourth-order valence-corrected chi connectivity index (χ4v) is 3.40. The molecule has 0 aliphatic heterocycles. The Kier molecular flexibility index (Phi) is 7.14. The third-order valence-electron chi connectivity index (χ3n) is 3.02. The molecule has 0 saturated heterocycles. The van der Waals surface area contributed by atoms with Crippen molar-refractivity contribution in [1.82, 2.24) is 5.32 Å². The van der Waals surface area contributed by atoms with Crippen molar-refractivity contribution in [2.75, 3.05) is 32.3 Å². The minimum atomic E-state index is -3.15. The molecule has 0 amide bonds. The summed E-state index contributed by atoms with van der Waals surface area (Å²) in [6, 6.07) is 7.28. The van der Waals surface area contributed by atoms with Gasteiger partial charge in [-0.2, -0.15) is 0 Å². The zero-order valence-electron chi connectivity index (χ0n) is 13.1. The van der Waals surface area contributed by atoms with Crippen LogP contribution < -0.4 is 10.1 Å². The van der Waals surface area contributed by atoms with Gasteiger partial charge in [-0.25, -0.2) is 8.42 Å². The van der Waals surface area contributed by atoms with Crippen LogP contribution in [0.2, 0.25) is 0 Å². The third-order valence-corrected chi connectivity index (χ3v) is 4.65. The van der Waals surface area contributed by atoms with Gasteiger partial charge >= 0.3 is 0 Å². The van der Waals surface area contributed by atoms with Gasteiger partial charge in [-0.15, -0.1) is 0 Å². The fraction of sp³-hybridized carbons (Fsp3) is 0.600. The molecule has 1 aromatic rings. The normalized spacial score (nSPS) is 13.4. The predicted molar refractivity (Wildman–Crippen MR) is 84.5 cm³/mol. The Morgan fingerprint density at radius 3 is 2.29 bits per heavy atom. The van der Waals surface area contributed by atoms with Gasteiger partial charge in [0.15, 0.2) is 9.84 Å². The Labute approximate surface area is 127 Å². The number of benzene rings is 1. The highest BCUT2D eigenvalue weighted by atomic mass is 32.2. The minimum absolute atomic E-state index is 0.0379. The quantitative estimate of drug-likeness (QED) is 0.753. The molecule has 1 aromatic carbocycles. The standard InChI is InChI=1S/C15H25NO4S/c1-12(2)20-14-7-5-13(6-8-14)15(16-3)11-21(17,18)10-9-19-4/h5-8,12,15-16H,9-11H2,1-4H3. The van der Waals surface area contributed by atoms with Crippen LogP contribution in [-0.2, 0) is 14.6 Å². The van der Waals surface area contributed by atoms with Crippen LogP contribution in [0, 0.1) is 0 Å². The van der Waals surface area contributed by atoms with Crippen LogP contribution in [0.4, 0.5) is 0 Å². The van der Waals surface area contributed by atoms with E-state index in [0.717, 1.165) is 11.3 Å². The number of hydrogen-bond donors (Lipinski definition) is 1. The third kappa shape index (κ3) is 6.46. The van der Waals surface area contributed by atoms with Gasteiger partial charge in [-0.05, 0) is 38.6 Å². The molecule has 1 N–H and O–H groups in total. The monoisotopic (exact) mass is 315 g/mol. The molecule has 0 bridgehead atoms. The van der Waals surface area contributed by atoms with Crippen LogP contribution >= 0.6 is 0 Å². The molecule has 0 aliphatic rings. The molecule has 0 fully saturated rings. The first-order chi connectivity index (χ1) is 9.88. The lowest BCUT2D eigenvalue weighted by Gasteiger charge is -2.17. The topological polar surface area (TPSA) is 64.6 Å². The molecular weight excluding hydrogens is 290 g/mol. The van der Waals surface area contributed by atoms with E-state index in [0.29, 0.717) is 0 Å². The summed E-state index contributed by atoms with van der Waals surface area (Å²) >= 11 is 0. The van der Waals surface area contributed by atoms with Crippen LogP contribution in [0.3, 0.4) is 0 Å². The summed E-state index contributed by atoms with van der Waals surface area (Å²) in [5, 5.41) is 3.05. The Morgan fingerprint density at radius 2 is 1.81 bits per heavy atom. The highest BCUT2D eigenvalue weighted by Crippen LogP contribution is 2.20. The molecule has 21 heavy (non-hydrogen) atoms. The number of hydrogen-bond acceptors (Lipinski definition) is 5. The van der Waals surface area contributed by atoms with Crippen molar-refractivity contribution in [3.05, 3.63) is 29.8 Å². The lowest BCUT2D eigenvalue weighted by atomic mass is 10.1. The highest BCUT2D eigenvalue weighted by Gasteiger charge is 2.19.